The lowest BCUT2D eigenvalue weighted by Gasteiger charge is -2.13. The number of amides is 1. The van der Waals surface area contributed by atoms with Gasteiger partial charge in [-0.15, -0.1) is 0 Å². The SMILES string of the molecule is COCCCNC(=O)Cn1c(=O)n(Cc2ccccc2)c(=O)c2c1c1cc(C)ccc1n2C. The van der Waals surface area contributed by atoms with E-state index in [1.165, 1.54) is 9.13 Å². The highest BCUT2D eigenvalue weighted by molar-refractivity contribution is 6.06. The number of aryl methyl sites for hydroxylation is 2. The molecular weight excluding hydrogens is 420 g/mol. The summed E-state index contributed by atoms with van der Waals surface area (Å²) in [5, 5.41) is 3.61. The van der Waals surface area contributed by atoms with Gasteiger partial charge in [-0.2, -0.15) is 0 Å². The number of ether oxygens (including phenoxy) is 1. The van der Waals surface area contributed by atoms with Crippen molar-refractivity contribution in [3.8, 4) is 0 Å². The fourth-order valence-corrected chi connectivity index (χ4v) is 4.21. The summed E-state index contributed by atoms with van der Waals surface area (Å²) in [5.74, 6) is -0.288. The van der Waals surface area contributed by atoms with Crippen LogP contribution in [0, 0.1) is 6.92 Å². The number of methoxy groups -OCH3 is 1. The molecule has 2 aromatic carbocycles. The van der Waals surface area contributed by atoms with E-state index in [-0.39, 0.29) is 24.6 Å². The van der Waals surface area contributed by atoms with Crippen molar-refractivity contribution in [1.29, 1.82) is 0 Å². The van der Waals surface area contributed by atoms with Crippen molar-refractivity contribution >= 4 is 27.8 Å². The average molecular weight is 449 g/mol. The molecule has 0 spiro atoms. The fourth-order valence-electron chi connectivity index (χ4n) is 4.21. The minimum atomic E-state index is -0.502. The van der Waals surface area contributed by atoms with Crippen molar-refractivity contribution < 1.29 is 9.53 Å². The van der Waals surface area contributed by atoms with E-state index in [4.69, 9.17) is 4.74 Å². The zero-order valence-corrected chi connectivity index (χ0v) is 19.1. The third kappa shape index (κ3) is 4.34. The predicted molar refractivity (Wildman–Crippen MR) is 129 cm³/mol. The van der Waals surface area contributed by atoms with Gasteiger partial charge in [0.1, 0.15) is 12.1 Å². The number of hydrogen-bond acceptors (Lipinski definition) is 4. The Bertz CT molecular complexity index is 1430. The third-order valence-electron chi connectivity index (χ3n) is 5.84. The summed E-state index contributed by atoms with van der Waals surface area (Å²) in [5.41, 5.74) is 2.69. The number of hydrogen-bond donors (Lipinski definition) is 1. The van der Waals surface area contributed by atoms with E-state index in [0.29, 0.717) is 30.6 Å². The van der Waals surface area contributed by atoms with Gasteiger partial charge in [-0.05, 0) is 31.0 Å². The zero-order chi connectivity index (χ0) is 23.5. The standard InChI is InChI=1S/C25H28N4O4/c1-17-10-11-20-19(14-17)22-23(27(20)2)24(31)29(15-18-8-5-4-6-9-18)25(32)28(22)16-21(30)26-12-7-13-33-3/h4-6,8-11,14H,7,12-13,15-16H2,1-3H3,(H,26,30). The zero-order valence-electron chi connectivity index (χ0n) is 19.1. The maximum Gasteiger partial charge on any atom is 0.332 e. The number of aromatic nitrogens is 3. The Balaban J connectivity index is 1.91. The first kappa shape index (κ1) is 22.5. The summed E-state index contributed by atoms with van der Waals surface area (Å²) in [7, 11) is 3.42. The summed E-state index contributed by atoms with van der Waals surface area (Å²) in [6, 6.07) is 15.2. The van der Waals surface area contributed by atoms with Crippen LogP contribution in [0.3, 0.4) is 0 Å². The van der Waals surface area contributed by atoms with Gasteiger partial charge in [-0.3, -0.25) is 18.7 Å². The molecule has 8 heteroatoms. The Morgan fingerprint density at radius 3 is 2.52 bits per heavy atom. The number of carbonyl (C=O) groups is 1. The monoisotopic (exact) mass is 448 g/mol. The lowest BCUT2D eigenvalue weighted by atomic mass is 10.1. The molecule has 172 valence electrons. The molecular formula is C25H28N4O4. The van der Waals surface area contributed by atoms with Crippen LogP contribution < -0.4 is 16.6 Å². The Kier molecular flexibility index (Phi) is 6.46. The van der Waals surface area contributed by atoms with Crippen LogP contribution in [0.15, 0.2) is 58.1 Å². The van der Waals surface area contributed by atoms with Crippen LogP contribution in [0.4, 0.5) is 0 Å². The molecule has 0 radical (unpaired) electrons. The van der Waals surface area contributed by atoms with E-state index in [2.05, 4.69) is 5.32 Å². The summed E-state index contributed by atoms with van der Waals surface area (Å²) < 4.78 is 9.46. The van der Waals surface area contributed by atoms with Crippen molar-refractivity contribution in [3.63, 3.8) is 0 Å². The van der Waals surface area contributed by atoms with Crippen molar-refractivity contribution in [2.75, 3.05) is 20.3 Å². The van der Waals surface area contributed by atoms with E-state index in [1.54, 1.807) is 11.7 Å². The number of nitrogens with zero attached hydrogens (tertiary/aromatic N) is 3. The van der Waals surface area contributed by atoms with Gasteiger partial charge in [0, 0.05) is 32.7 Å². The van der Waals surface area contributed by atoms with Gasteiger partial charge in [-0.1, -0.05) is 42.0 Å². The Hall–Kier alpha value is -3.65. The molecule has 0 saturated heterocycles. The van der Waals surface area contributed by atoms with E-state index in [9.17, 15) is 14.4 Å². The molecule has 2 aromatic heterocycles. The van der Waals surface area contributed by atoms with Gasteiger partial charge in [-0.25, -0.2) is 4.79 Å². The third-order valence-corrected chi connectivity index (χ3v) is 5.84. The molecule has 2 heterocycles. The van der Waals surface area contributed by atoms with Crippen LogP contribution in [0.1, 0.15) is 17.5 Å². The number of nitrogens with one attached hydrogen (secondary N) is 1. The molecule has 0 aliphatic heterocycles. The quantitative estimate of drug-likeness (QED) is 0.419. The largest absolute Gasteiger partial charge is 0.385 e. The van der Waals surface area contributed by atoms with Crippen LogP contribution in [-0.2, 0) is 29.7 Å². The minimum Gasteiger partial charge on any atom is -0.385 e. The molecule has 0 saturated carbocycles. The molecule has 0 fully saturated rings. The highest BCUT2D eigenvalue weighted by Gasteiger charge is 2.21. The molecule has 8 nitrogen and oxygen atoms in total. The molecule has 0 bridgehead atoms. The van der Waals surface area contributed by atoms with Gasteiger partial charge in [0.2, 0.25) is 5.91 Å². The van der Waals surface area contributed by atoms with Gasteiger partial charge in [0.15, 0.2) is 0 Å². The molecule has 1 N–H and O–H groups in total. The Morgan fingerprint density at radius 1 is 1.03 bits per heavy atom. The molecule has 4 aromatic rings. The molecule has 0 aliphatic rings. The first-order valence-electron chi connectivity index (χ1n) is 10.9. The summed E-state index contributed by atoms with van der Waals surface area (Å²) in [4.78, 5) is 39.8. The lowest BCUT2D eigenvalue weighted by Crippen LogP contribution is -2.43. The average Bonchev–Trinajstić information content (AvgIpc) is 3.09. The highest BCUT2D eigenvalue weighted by Crippen LogP contribution is 2.26. The van der Waals surface area contributed by atoms with Crippen molar-refractivity contribution in [2.24, 2.45) is 7.05 Å². The van der Waals surface area contributed by atoms with Crippen molar-refractivity contribution in [1.82, 2.24) is 19.0 Å². The van der Waals surface area contributed by atoms with Gasteiger partial charge >= 0.3 is 5.69 Å². The summed E-state index contributed by atoms with van der Waals surface area (Å²) >= 11 is 0. The van der Waals surface area contributed by atoms with Crippen molar-refractivity contribution in [2.45, 2.75) is 26.4 Å². The summed E-state index contributed by atoms with van der Waals surface area (Å²) in [6.45, 7) is 2.90. The van der Waals surface area contributed by atoms with Crippen molar-refractivity contribution in [3.05, 3.63) is 80.5 Å². The van der Waals surface area contributed by atoms with E-state index >= 15 is 0 Å². The number of benzene rings is 2. The maximum atomic E-state index is 13.6. The van der Waals surface area contributed by atoms with E-state index < -0.39 is 5.69 Å². The molecule has 0 aliphatic carbocycles. The second-order valence-corrected chi connectivity index (χ2v) is 8.22. The Morgan fingerprint density at radius 2 is 1.79 bits per heavy atom. The number of rotatable bonds is 8. The Labute approximate surface area is 191 Å². The number of fused-ring (bicyclic) bond motifs is 3. The van der Waals surface area contributed by atoms with Gasteiger partial charge < -0.3 is 14.6 Å². The molecule has 33 heavy (non-hydrogen) atoms. The van der Waals surface area contributed by atoms with E-state index in [1.807, 2.05) is 62.5 Å². The lowest BCUT2D eigenvalue weighted by molar-refractivity contribution is -0.121. The molecule has 0 unspecified atom stereocenters. The second-order valence-electron chi connectivity index (χ2n) is 8.22. The van der Waals surface area contributed by atoms with Crippen LogP contribution in [0.2, 0.25) is 0 Å². The van der Waals surface area contributed by atoms with Crippen LogP contribution in [0.25, 0.3) is 21.9 Å². The van der Waals surface area contributed by atoms with Crippen LogP contribution >= 0.6 is 0 Å². The summed E-state index contributed by atoms with van der Waals surface area (Å²) in [6.07, 6.45) is 0.674. The normalized spacial score (nSPS) is 11.4. The smallest absolute Gasteiger partial charge is 0.332 e. The molecule has 1 amide bonds. The number of carbonyl (C=O) groups excluding carboxylic acids is 1. The molecule has 0 atom stereocenters. The first-order valence-corrected chi connectivity index (χ1v) is 10.9. The van der Waals surface area contributed by atoms with Crippen LogP contribution in [-0.4, -0.2) is 39.9 Å². The fraction of sp³-hybridized carbons (Fsp3) is 0.320. The van der Waals surface area contributed by atoms with Gasteiger partial charge in [0.05, 0.1) is 17.6 Å². The first-order chi connectivity index (χ1) is 15.9. The predicted octanol–water partition coefficient (Wildman–Crippen LogP) is 2.16. The second kappa shape index (κ2) is 9.46. The topological polar surface area (TPSA) is 87.3 Å². The van der Waals surface area contributed by atoms with Gasteiger partial charge in [0.25, 0.3) is 5.56 Å². The highest BCUT2D eigenvalue weighted by atomic mass is 16.5. The minimum absolute atomic E-state index is 0.129. The van der Waals surface area contributed by atoms with Crippen LogP contribution in [0.5, 0.6) is 0 Å². The molecule has 4 rings (SSSR count). The maximum absolute atomic E-state index is 13.6. The van der Waals surface area contributed by atoms with E-state index in [0.717, 1.165) is 22.0 Å².